The molecule has 7 heteroatoms. The predicted molar refractivity (Wildman–Crippen MR) is 77.3 cm³/mol. The lowest BCUT2D eigenvalue weighted by Crippen LogP contribution is -2.35. The fraction of sp³-hybridized carbons (Fsp3) is 0.538. The zero-order valence-electron chi connectivity index (χ0n) is 10.9. The quantitative estimate of drug-likeness (QED) is 0.871. The maximum Gasteiger partial charge on any atom is 0.243 e. The number of halogens is 2. The lowest BCUT2D eigenvalue weighted by Gasteiger charge is -2.24. The third-order valence-corrected chi connectivity index (χ3v) is 6.11. The molecule has 112 valence electrons. The average molecular weight is 366 g/mol. The van der Waals surface area contributed by atoms with E-state index in [0.717, 1.165) is 18.9 Å². The van der Waals surface area contributed by atoms with Gasteiger partial charge in [0.2, 0.25) is 10.0 Å². The summed E-state index contributed by atoms with van der Waals surface area (Å²) in [6, 6.07) is 3.75. The molecule has 0 aromatic heterocycles. The summed E-state index contributed by atoms with van der Waals surface area (Å²) in [6.45, 7) is 0.507. The smallest absolute Gasteiger partial charge is 0.243 e. The third-order valence-electron chi connectivity index (χ3n) is 3.52. The highest BCUT2D eigenvalue weighted by Crippen LogP contribution is 2.29. The molecule has 1 aromatic carbocycles. The minimum absolute atomic E-state index is 0.0194. The second-order valence-electron chi connectivity index (χ2n) is 4.85. The maximum absolute atomic E-state index is 13.5. The predicted octanol–water partition coefficient (Wildman–Crippen LogP) is 2.51. The molecule has 1 atom stereocenters. The minimum atomic E-state index is -3.67. The summed E-state index contributed by atoms with van der Waals surface area (Å²) >= 11 is 3.01. The van der Waals surface area contributed by atoms with Crippen molar-refractivity contribution in [2.24, 2.45) is 0 Å². The third kappa shape index (κ3) is 3.21. The molecule has 2 rings (SSSR count). The van der Waals surface area contributed by atoms with Crippen molar-refractivity contribution >= 4 is 26.0 Å². The normalized spacial score (nSPS) is 20.4. The van der Waals surface area contributed by atoms with Gasteiger partial charge in [0.05, 0.1) is 9.37 Å². The van der Waals surface area contributed by atoms with Crippen molar-refractivity contribution in [1.82, 2.24) is 4.31 Å². The van der Waals surface area contributed by atoms with Crippen LogP contribution in [-0.4, -0.2) is 37.0 Å². The summed E-state index contributed by atoms with van der Waals surface area (Å²) in [5.41, 5.74) is 0. The van der Waals surface area contributed by atoms with Crippen LogP contribution in [0.15, 0.2) is 27.6 Å². The van der Waals surface area contributed by atoms with Crippen molar-refractivity contribution < 1.29 is 17.9 Å². The van der Waals surface area contributed by atoms with Gasteiger partial charge in [-0.15, -0.1) is 0 Å². The fourth-order valence-corrected chi connectivity index (χ4v) is 4.50. The highest BCUT2D eigenvalue weighted by atomic mass is 79.9. The van der Waals surface area contributed by atoms with Crippen LogP contribution in [0.3, 0.4) is 0 Å². The Bertz CT molecular complexity index is 579. The Labute approximate surface area is 126 Å². The Balaban J connectivity index is 2.26. The van der Waals surface area contributed by atoms with E-state index in [0.29, 0.717) is 19.4 Å². The number of rotatable bonds is 5. The second-order valence-corrected chi connectivity index (χ2v) is 7.60. The number of benzene rings is 1. The molecule has 1 unspecified atom stereocenters. The first-order valence-corrected chi connectivity index (χ1v) is 8.78. The van der Waals surface area contributed by atoms with Crippen LogP contribution >= 0.6 is 15.9 Å². The van der Waals surface area contributed by atoms with Crippen LogP contribution in [0.4, 0.5) is 4.39 Å². The number of aliphatic hydroxyl groups excluding tert-OH is 1. The van der Waals surface area contributed by atoms with Crippen LogP contribution in [0.5, 0.6) is 0 Å². The molecule has 0 radical (unpaired) electrons. The van der Waals surface area contributed by atoms with Crippen LogP contribution in [-0.2, 0) is 10.0 Å². The largest absolute Gasteiger partial charge is 0.396 e. The molecule has 20 heavy (non-hydrogen) atoms. The van der Waals surface area contributed by atoms with Crippen LogP contribution in [0.25, 0.3) is 0 Å². The van der Waals surface area contributed by atoms with Gasteiger partial charge in [0, 0.05) is 19.2 Å². The van der Waals surface area contributed by atoms with Crippen LogP contribution in [0.2, 0.25) is 0 Å². The van der Waals surface area contributed by atoms with E-state index in [4.69, 9.17) is 5.11 Å². The number of aliphatic hydroxyl groups is 1. The Morgan fingerprint density at radius 2 is 2.20 bits per heavy atom. The summed E-state index contributed by atoms with van der Waals surface area (Å²) in [7, 11) is -3.67. The molecule has 1 heterocycles. The van der Waals surface area contributed by atoms with Gasteiger partial charge in [-0.25, -0.2) is 12.8 Å². The molecular formula is C13H17BrFNO3S. The molecule has 0 bridgehead atoms. The summed E-state index contributed by atoms with van der Waals surface area (Å²) in [6.07, 6.45) is 2.80. The molecule has 0 aliphatic carbocycles. The number of nitrogens with zero attached hydrogens (tertiary/aromatic N) is 1. The van der Waals surface area contributed by atoms with Crippen LogP contribution in [0.1, 0.15) is 25.7 Å². The first kappa shape index (κ1) is 15.9. The molecule has 1 aliphatic rings. The van der Waals surface area contributed by atoms with Crippen LogP contribution < -0.4 is 0 Å². The molecule has 0 saturated carbocycles. The Morgan fingerprint density at radius 3 is 2.85 bits per heavy atom. The Morgan fingerprint density at radius 1 is 1.45 bits per heavy atom. The molecule has 1 aliphatic heterocycles. The van der Waals surface area contributed by atoms with Gasteiger partial charge in [-0.05, 0) is 59.8 Å². The fourth-order valence-electron chi connectivity index (χ4n) is 2.51. The lowest BCUT2D eigenvalue weighted by molar-refractivity contribution is 0.264. The zero-order valence-corrected chi connectivity index (χ0v) is 13.3. The SMILES string of the molecule is O=S(=O)(c1ccc(Br)c(F)c1)N1CCCC1CCCO. The van der Waals surface area contributed by atoms with Gasteiger partial charge in [0.1, 0.15) is 5.82 Å². The van der Waals surface area contributed by atoms with E-state index in [-0.39, 0.29) is 22.0 Å². The number of hydrogen-bond donors (Lipinski definition) is 1. The minimum Gasteiger partial charge on any atom is -0.396 e. The summed E-state index contributed by atoms with van der Waals surface area (Å²) < 4.78 is 40.3. The topological polar surface area (TPSA) is 57.6 Å². The van der Waals surface area contributed by atoms with Gasteiger partial charge >= 0.3 is 0 Å². The molecule has 0 amide bonds. The van der Waals surface area contributed by atoms with Crippen molar-refractivity contribution in [3.63, 3.8) is 0 Å². The van der Waals surface area contributed by atoms with E-state index in [1.165, 1.54) is 16.4 Å². The van der Waals surface area contributed by atoms with Gasteiger partial charge in [0.25, 0.3) is 0 Å². The molecule has 0 spiro atoms. The Hall–Kier alpha value is -0.500. The standard InChI is InChI=1S/C13H17BrFNO3S/c14-12-6-5-11(9-13(12)15)20(18,19)16-7-1-3-10(16)4-2-8-17/h5-6,9-10,17H,1-4,7-8H2. The van der Waals surface area contributed by atoms with E-state index in [9.17, 15) is 12.8 Å². The molecule has 1 fully saturated rings. The number of sulfonamides is 1. The van der Waals surface area contributed by atoms with Gasteiger partial charge < -0.3 is 5.11 Å². The van der Waals surface area contributed by atoms with Crippen molar-refractivity contribution in [3.05, 3.63) is 28.5 Å². The summed E-state index contributed by atoms with van der Waals surface area (Å²) in [4.78, 5) is -0.0194. The first-order chi connectivity index (χ1) is 9.46. The molecule has 1 saturated heterocycles. The van der Waals surface area contributed by atoms with E-state index < -0.39 is 15.8 Å². The van der Waals surface area contributed by atoms with E-state index >= 15 is 0 Å². The van der Waals surface area contributed by atoms with Crippen molar-refractivity contribution in [1.29, 1.82) is 0 Å². The van der Waals surface area contributed by atoms with Gasteiger partial charge in [-0.1, -0.05) is 0 Å². The van der Waals surface area contributed by atoms with E-state index in [1.54, 1.807) is 0 Å². The highest BCUT2D eigenvalue weighted by Gasteiger charge is 2.35. The van der Waals surface area contributed by atoms with Gasteiger partial charge in [0.15, 0.2) is 0 Å². The van der Waals surface area contributed by atoms with Crippen molar-refractivity contribution in [3.8, 4) is 0 Å². The van der Waals surface area contributed by atoms with Gasteiger partial charge in [-0.3, -0.25) is 0 Å². The van der Waals surface area contributed by atoms with Crippen molar-refractivity contribution in [2.75, 3.05) is 13.2 Å². The van der Waals surface area contributed by atoms with Crippen LogP contribution in [0, 0.1) is 5.82 Å². The maximum atomic E-state index is 13.5. The van der Waals surface area contributed by atoms with E-state index in [2.05, 4.69) is 15.9 Å². The zero-order chi connectivity index (χ0) is 14.8. The van der Waals surface area contributed by atoms with Gasteiger partial charge in [-0.2, -0.15) is 4.31 Å². The molecule has 4 nitrogen and oxygen atoms in total. The van der Waals surface area contributed by atoms with Crippen molar-refractivity contribution in [2.45, 2.75) is 36.6 Å². The second kappa shape index (κ2) is 6.51. The lowest BCUT2D eigenvalue weighted by atomic mass is 10.1. The highest BCUT2D eigenvalue weighted by molar-refractivity contribution is 9.10. The summed E-state index contributed by atoms with van der Waals surface area (Å²) in [5, 5.41) is 8.88. The number of hydrogen-bond acceptors (Lipinski definition) is 3. The Kier molecular flexibility index (Phi) is 5.17. The first-order valence-electron chi connectivity index (χ1n) is 6.54. The average Bonchev–Trinajstić information content (AvgIpc) is 2.88. The molecule has 1 aromatic rings. The molecule has 1 N–H and O–H groups in total. The van der Waals surface area contributed by atoms with E-state index in [1.807, 2.05) is 0 Å². The molecular weight excluding hydrogens is 349 g/mol. The summed E-state index contributed by atoms with van der Waals surface area (Å²) in [5.74, 6) is -0.586. The monoisotopic (exact) mass is 365 g/mol.